The van der Waals surface area contributed by atoms with Gasteiger partial charge in [-0.1, -0.05) is 18.7 Å². The summed E-state index contributed by atoms with van der Waals surface area (Å²) in [5.74, 6) is 0. The minimum Gasteiger partial charge on any atom is -0.314 e. The van der Waals surface area contributed by atoms with Gasteiger partial charge in [-0.05, 0) is 13.3 Å². The Morgan fingerprint density at radius 2 is 2.44 bits per heavy atom. The lowest BCUT2D eigenvalue weighted by molar-refractivity contribution is 0.544. The fraction of sp³-hybridized carbons (Fsp3) is 0.667. The van der Waals surface area contributed by atoms with Crippen LogP contribution in [0.25, 0.3) is 0 Å². The van der Waals surface area contributed by atoms with Gasteiger partial charge in [0.15, 0.2) is 5.16 Å². The van der Waals surface area contributed by atoms with Gasteiger partial charge in [0.2, 0.25) is 0 Å². The third-order valence-electron chi connectivity index (χ3n) is 2.11. The van der Waals surface area contributed by atoms with Crippen molar-refractivity contribution in [1.82, 2.24) is 14.8 Å². The molecule has 7 heteroatoms. The standard InChI is InChI=1S/C9H15N5OS/c1-6(4-9(2,11)5-10)16-8-13-12-7(15)14(8)3/h6H,4,11H2,1-3H3,(H,12,15). The summed E-state index contributed by atoms with van der Waals surface area (Å²) in [5, 5.41) is 15.8. The van der Waals surface area contributed by atoms with Crippen LogP contribution in [0, 0.1) is 11.3 Å². The number of aromatic nitrogens is 3. The van der Waals surface area contributed by atoms with Crippen LogP contribution in [0.5, 0.6) is 0 Å². The molecule has 3 N–H and O–H groups in total. The van der Waals surface area contributed by atoms with Gasteiger partial charge < -0.3 is 5.73 Å². The number of thioether (sulfide) groups is 1. The van der Waals surface area contributed by atoms with Crippen LogP contribution in [0.3, 0.4) is 0 Å². The summed E-state index contributed by atoms with van der Waals surface area (Å²) >= 11 is 1.42. The SMILES string of the molecule is CC(CC(C)(N)C#N)Sc1n[nH]c(=O)n1C. The molecule has 16 heavy (non-hydrogen) atoms. The Bertz CT molecular complexity index is 455. The lowest BCUT2D eigenvalue weighted by atomic mass is 10.00. The third-order valence-corrected chi connectivity index (χ3v) is 3.26. The zero-order valence-corrected chi connectivity index (χ0v) is 10.3. The summed E-state index contributed by atoms with van der Waals surface area (Å²) in [4.78, 5) is 11.1. The summed E-state index contributed by atoms with van der Waals surface area (Å²) in [5.41, 5.74) is 4.65. The Labute approximate surface area is 97.8 Å². The van der Waals surface area contributed by atoms with E-state index >= 15 is 0 Å². The molecule has 0 aliphatic carbocycles. The molecule has 2 atom stereocenters. The van der Waals surface area contributed by atoms with Gasteiger partial charge in [-0.2, -0.15) is 5.26 Å². The zero-order chi connectivity index (χ0) is 12.3. The molecule has 1 aromatic rings. The van der Waals surface area contributed by atoms with E-state index in [1.807, 2.05) is 13.0 Å². The van der Waals surface area contributed by atoms with Gasteiger partial charge in [0.25, 0.3) is 0 Å². The molecule has 1 heterocycles. The van der Waals surface area contributed by atoms with Gasteiger partial charge in [0.05, 0.1) is 6.07 Å². The second kappa shape index (κ2) is 4.72. The number of nitriles is 1. The molecule has 0 fully saturated rings. The first-order valence-electron chi connectivity index (χ1n) is 4.84. The smallest absolute Gasteiger partial charge is 0.314 e. The largest absolute Gasteiger partial charge is 0.343 e. The predicted octanol–water partition coefficient (Wildman–Crippen LogP) is 0.220. The Kier molecular flexibility index (Phi) is 3.78. The highest BCUT2D eigenvalue weighted by Gasteiger charge is 2.22. The predicted molar refractivity (Wildman–Crippen MR) is 62.0 cm³/mol. The van der Waals surface area contributed by atoms with Gasteiger partial charge in [-0.3, -0.25) is 4.57 Å². The first-order valence-corrected chi connectivity index (χ1v) is 5.72. The number of aromatic amines is 1. The number of hydrogen-bond donors (Lipinski definition) is 2. The monoisotopic (exact) mass is 241 g/mol. The number of nitrogens with one attached hydrogen (secondary N) is 1. The Balaban J connectivity index is 2.66. The van der Waals surface area contributed by atoms with E-state index in [4.69, 9.17) is 11.0 Å². The van der Waals surface area contributed by atoms with Crippen molar-refractivity contribution in [2.24, 2.45) is 12.8 Å². The molecule has 0 aliphatic heterocycles. The molecular formula is C9H15N5OS. The molecule has 0 aromatic carbocycles. The van der Waals surface area contributed by atoms with Crippen LogP contribution in [-0.2, 0) is 7.05 Å². The second-order valence-electron chi connectivity index (χ2n) is 4.03. The van der Waals surface area contributed by atoms with E-state index in [0.717, 1.165) is 0 Å². The Hall–Kier alpha value is -1.26. The maximum Gasteiger partial charge on any atom is 0.343 e. The topological polar surface area (TPSA) is 100 Å². The number of nitrogens with two attached hydrogens (primary N) is 1. The van der Waals surface area contributed by atoms with Gasteiger partial charge in [-0.15, -0.1) is 5.10 Å². The van der Waals surface area contributed by atoms with Crippen molar-refractivity contribution < 1.29 is 0 Å². The Morgan fingerprint density at radius 1 is 1.81 bits per heavy atom. The third kappa shape index (κ3) is 3.12. The zero-order valence-electron chi connectivity index (χ0n) is 9.52. The van der Waals surface area contributed by atoms with E-state index in [2.05, 4.69) is 10.2 Å². The van der Waals surface area contributed by atoms with Crippen molar-refractivity contribution in [1.29, 1.82) is 5.26 Å². The van der Waals surface area contributed by atoms with Crippen molar-refractivity contribution in [3.8, 4) is 6.07 Å². The van der Waals surface area contributed by atoms with Crippen LogP contribution in [-0.4, -0.2) is 25.6 Å². The molecule has 2 unspecified atom stereocenters. The van der Waals surface area contributed by atoms with E-state index in [9.17, 15) is 4.79 Å². The second-order valence-corrected chi connectivity index (χ2v) is 5.44. The quantitative estimate of drug-likeness (QED) is 0.734. The van der Waals surface area contributed by atoms with Gasteiger partial charge in [0.1, 0.15) is 5.54 Å². The van der Waals surface area contributed by atoms with E-state index in [1.165, 1.54) is 16.3 Å². The average Bonchev–Trinajstić information content (AvgIpc) is 2.49. The molecule has 1 rings (SSSR count). The number of rotatable bonds is 4. The molecule has 6 nitrogen and oxygen atoms in total. The van der Waals surface area contributed by atoms with Crippen LogP contribution in [0.1, 0.15) is 20.3 Å². The first kappa shape index (κ1) is 12.8. The molecule has 88 valence electrons. The maximum absolute atomic E-state index is 11.1. The molecular weight excluding hydrogens is 226 g/mol. The molecule has 0 aliphatic rings. The lowest BCUT2D eigenvalue weighted by Gasteiger charge is -2.19. The Morgan fingerprint density at radius 3 is 2.88 bits per heavy atom. The van der Waals surface area contributed by atoms with Gasteiger partial charge in [-0.25, -0.2) is 9.89 Å². The minimum absolute atomic E-state index is 0.114. The molecule has 0 bridgehead atoms. The van der Waals surface area contributed by atoms with Gasteiger partial charge in [0, 0.05) is 12.3 Å². The van der Waals surface area contributed by atoms with Crippen LogP contribution < -0.4 is 11.4 Å². The molecule has 0 radical (unpaired) electrons. The summed E-state index contributed by atoms with van der Waals surface area (Å²) in [6, 6.07) is 2.05. The van der Waals surface area contributed by atoms with Gasteiger partial charge >= 0.3 is 5.69 Å². The molecule has 0 saturated carbocycles. The number of hydrogen-bond acceptors (Lipinski definition) is 5. The van der Waals surface area contributed by atoms with Crippen molar-refractivity contribution in [2.75, 3.05) is 0 Å². The van der Waals surface area contributed by atoms with Crippen LogP contribution in [0.4, 0.5) is 0 Å². The van der Waals surface area contributed by atoms with Crippen molar-refractivity contribution in [2.45, 2.75) is 36.2 Å². The lowest BCUT2D eigenvalue weighted by Crippen LogP contribution is -2.36. The average molecular weight is 241 g/mol. The number of H-pyrrole nitrogens is 1. The van der Waals surface area contributed by atoms with Crippen LogP contribution in [0.2, 0.25) is 0 Å². The van der Waals surface area contributed by atoms with E-state index < -0.39 is 5.54 Å². The summed E-state index contributed by atoms with van der Waals surface area (Å²) in [6.07, 6.45) is 0.537. The maximum atomic E-state index is 11.1. The first-order chi connectivity index (χ1) is 7.35. The minimum atomic E-state index is -0.846. The fourth-order valence-corrected chi connectivity index (χ4v) is 2.43. The van der Waals surface area contributed by atoms with E-state index in [0.29, 0.717) is 11.6 Å². The highest BCUT2D eigenvalue weighted by molar-refractivity contribution is 7.99. The van der Waals surface area contributed by atoms with Crippen LogP contribution in [0.15, 0.2) is 9.95 Å². The normalized spacial score (nSPS) is 16.4. The van der Waals surface area contributed by atoms with E-state index in [1.54, 1.807) is 14.0 Å². The van der Waals surface area contributed by atoms with Crippen molar-refractivity contribution >= 4 is 11.8 Å². The van der Waals surface area contributed by atoms with Crippen LogP contribution >= 0.6 is 11.8 Å². The molecule has 0 spiro atoms. The summed E-state index contributed by atoms with van der Waals surface area (Å²) in [6.45, 7) is 3.64. The molecule has 0 saturated heterocycles. The van der Waals surface area contributed by atoms with Crippen molar-refractivity contribution in [3.05, 3.63) is 10.5 Å². The number of nitrogens with zero attached hydrogens (tertiary/aromatic N) is 3. The van der Waals surface area contributed by atoms with Crippen molar-refractivity contribution in [3.63, 3.8) is 0 Å². The fourth-order valence-electron chi connectivity index (χ4n) is 1.30. The van der Waals surface area contributed by atoms with E-state index in [-0.39, 0.29) is 10.9 Å². The summed E-state index contributed by atoms with van der Waals surface area (Å²) < 4.78 is 1.43. The summed E-state index contributed by atoms with van der Waals surface area (Å²) in [7, 11) is 1.65. The highest BCUT2D eigenvalue weighted by atomic mass is 32.2. The molecule has 0 amide bonds. The highest BCUT2D eigenvalue weighted by Crippen LogP contribution is 2.24. The molecule has 1 aromatic heterocycles.